The van der Waals surface area contributed by atoms with Crippen molar-refractivity contribution in [1.29, 1.82) is 0 Å². The quantitative estimate of drug-likeness (QED) is 0.437. The van der Waals surface area contributed by atoms with Crippen LogP contribution in [0, 0.1) is 11.2 Å². The number of nitrogens with one attached hydrogen (secondary N) is 1. The molecule has 37 heavy (non-hydrogen) atoms. The lowest BCUT2D eigenvalue weighted by molar-refractivity contribution is -0.0611. The van der Waals surface area contributed by atoms with Crippen molar-refractivity contribution in [3.8, 4) is 5.75 Å². The summed E-state index contributed by atoms with van der Waals surface area (Å²) in [6, 6.07) is 8.63. The molecule has 1 amide bonds. The van der Waals surface area contributed by atoms with Crippen molar-refractivity contribution in [3.63, 3.8) is 0 Å². The van der Waals surface area contributed by atoms with E-state index >= 15 is 0 Å². The van der Waals surface area contributed by atoms with E-state index in [2.05, 4.69) is 11.8 Å². The maximum Gasteiger partial charge on any atom is 0.267 e. The Morgan fingerprint density at radius 2 is 1.73 bits per heavy atom. The first-order valence-corrected chi connectivity index (χ1v) is 15.3. The molecule has 0 aromatic heterocycles. The third-order valence-electron chi connectivity index (χ3n) is 8.03. The molecule has 0 radical (unpaired) electrons. The smallest absolute Gasteiger partial charge is 0.267 e. The molecule has 2 aliphatic carbocycles. The number of ether oxygens (including phenoxy) is 1. The van der Waals surface area contributed by atoms with Crippen LogP contribution in [0.3, 0.4) is 0 Å². The number of benzene rings is 2. The number of rotatable bonds is 7. The van der Waals surface area contributed by atoms with E-state index in [-0.39, 0.29) is 29.0 Å². The summed E-state index contributed by atoms with van der Waals surface area (Å²) < 4.78 is 45.8. The largest absolute Gasteiger partial charge is 0.490 e. The van der Waals surface area contributed by atoms with Crippen molar-refractivity contribution in [2.75, 3.05) is 19.3 Å². The Balaban J connectivity index is 1.21. The maximum atomic E-state index is 14.8. The zero-order chi connectivity index (χ0) is 26.5. The summed E-state index contributed by atoms with van der Waals surface area (Å²) in [5.74, 6) is -1.06. The molecule has 1 saturated heterocycles. The highest BCUT2D eigenvalue weighted by molar-refractivity contribution is 7.89. The number of nitrogens with zero attached hydrogens (tertiary/aromatic N) is 1. The van der Waals surface area contributed by atoms with Crippen LogP contribution in [0.4, 0.5) is 4.39 Å². The van der Waals surface area contributed by atoms with Gasteiger partial charge in [-0.25, -0.2) is 17.5 Å². The Hall–Kier alpha value is -1.87. The van der Waals surface area contributed by atoms with Crippen molar-refractivity contribution >= 4 is 39.1 Å². The van der Waals surface area contributed by atoms with E-state index in [1.807, 2.05) is 16.9 Å². The Bertz CT molecular complexity index is 1300. The number of likely N-dealkylation sites (tertiary alicyclic amines) is 1. The van der Waals surface area contributed by atoms with Crippen LogP contribution in [0.5, 0.6) is 5.75 Å². The highest BCUT2D eigenvalue weighted by atomic mass is 35.5. The molecule has 1 spiro atoms. The molecular weight excluding hydrogens is 538 g/mol. The van der Waals surface area contributed by atoms with Gasteiger partial charge in [-0.2, -0.15) is 0 Å². The molecule has 3 fully saturated rings. The number of hydrogen-bond acceptors (Lipinski definition) is 5. The highest BCUT2D eigenvalue weighted by Crippen LogP contribution is 2.52. The molecule has 1 unspecified atom stereocenters. The average molecular weight is 570 g/mol. The molecule has 5 rings (SSSR count). The zero-order valence-corrected chi connectivity index (χ0v) is 23.2. The molecule has 1 aliphatic heterocycles. The van der Waals surface area contributed by atoms with Gasteiger partial charge in [-0.3, -0.25) is 9.69 Å². The second-order valence-corrected chi connectivity index (χ2v) is 13.5. The molecule has 0 bridgehead atoms. The minimum absolute atomic E-state index is 0.00306. The third kappa shape index (κ3) is 6.08. The number of hydrogen-bond donors (Lipinski definition) is 1. The molecule has 200 valence electrons. The van der Waals surface area contributed by atoms with E-state index in [0.29, 0.717) is 15.8 Å². The molecular formula is C27H31Cl2FN2O4S. The van der Waals surface area contributed by atoms with E-state index in [1.165, 1.54) is 12.1 Å². The van der Waals surface area contributed by atoms with Gasteiger partial charge in [0.1, 0.15) is 11.6 Å². The van der Waals surface area contributed by atoms with Crippen molar-refractivity contribution < 1.29 is 22.3 Å². The summed E-state index contributed by atoms with van der Waals surface area (Å²) in [6.07, 6.45) is 6.72. The van der Waals surface area contributed by atoms with Crippen LogP contribution in [-0.2, 0) is 10.0 Å². The van der Waals surface area contributed by atoms with Crippen LogP contribution < -0.4 is 9.46 Å². The Labute approximate surface area is 227 Å². The fourth-order valence-electron chi connectivity index (χ4n) is 5.77. The third-order valence-corrected chi connectivity index (χ3v) is 9.02. The van der Waals surface area contributed by atoms with Gasteiger partial charge >= 0.3 is 0 Å². The molecule has 10 heteroatoms. The number of halogens is 3. The van der Waals surface area contributed by atoms with Crippen LogP contribution in [0.25, 0.3) is 0 Å². The van der Waals surface area contributed by atoms with Crippen LogP contribution in [0.15, 0.2) is 30.3 Å². The summed E-state index contributed by atoms with van der Waals surface area (Å²) >= 11 is 12.4. The number of amides is 1. The van der Waals surface area contributed by atoms with E-state index in [0.717, 1.165) is 69.0 Å². The molecule has 6 nitrogen and oxygen atoms in total. The van der Waals surface area contributed by atoms with Crippen LogP contribution in [-0.4, -0.2) is 44.7 Å². The fraction of sp³-hybridized carbons (Fsp3) is 0.519. The predicted octanol–water partition coefficient (Wildman–Crippen LogP) is 6.08. The lowest BCUT2D eigenvalue weighted by Gasteiger charge is -2.52. The molecule has 1 atom stereocenters. The van der Waals surface area contributed by atoms with Gasteiger partial charge in [-0.05, 0) is 105 Å². The SMILES string of the molecule is CC(c1cc(Cl)cc(Cl)c1)N1CCC2(CC1)CC(Oc1cc(F)c(C(=O)NS(C)(=O)=O)cc1C1CC1)C2. The summed E-state index contributed by atoms with van der Waals surface area (Å²) in [5, 5.41) is 1.29. The van der Waals surface area contributed by atoms with Gasteiger partial charge in [0.2, 0.25) is 10.0 Å². The molecule has 2 saturated carbocycles. The van der Waals surface area contributed by atoms with Gasteiger partial charge in [0, 0.05) is 22.2 Å². The van der Waals surface area contributed by atoms with Gasteiger partial charge in [0.15, 0.2) is 0 Å². The number of piperidine rings is 1. The highest BCUT2D eigenvalue weighted by Gasteiger charge is 2.48. The standard InChI is InChI=1S/C27H31Cl2FN2O4S/c1-16(18-9-19(28)11-20(29)10-18)32-7-5-27(6-8-32)14-21(15-27)36-25-13-24(30)23(12-22(25)17-3-4-17)26(33)31-37(2,34)35/h9-13,16-17,21H,3-8,14-15H2,1-2H3,(H,31,33). The minimum Gasteiger partial charge on any atom is -0.490 e. The fourth-order valence-corrected chi connectivity index (χ4v) is 6.76. The predicted molar refractivity (Wildman–Crippen MR) is 142 cm³/mol. The summed E-state index contributed by atoms with van der Waals surface area (Å²) in [5.41, 5.74) is 1.86. The Morgan fingerprint density at radius 3 is 2.30 bits per heavy atom. The molecule has 1 heterocycles. The second-order valence-electron chi connectivity index (χ2n) is 10.9. The summed E-state index contributed by atoms with van der Waals surface area (Å²) in [4.78, 5) is 14.8. The second kappa shape index (κ2) is 10.0. The van der Waals surface area contributed by atoms with E-state index in [4.69, 9.17) is 27.9 Å². The van der Waals surface area contributed by atoms with Gasteiger partial charge in [0.25, 0.3) is 5.91 Å². The first kappa shape index (κ1) is 26.7. The Kier molecular flexibility index (Phi) is 7.24. The molecule has 3 aliphatic rings. The monoisotopic (exact) mass is 568 g/mol. The first-order chi connectivity index (χ1) is 17.4. The van der Waals surface area contributed by atoms with E-state index in [1.54, 1.807) is 6.07 Å². The van der Waals surface area contributed by atoms with Crippen LogP contribution in [0.1, 0.15) is 78.9 Å². The normalized spacial score (nSPS) is 20.9. The minimum atomic E-state index is -3.79. The van der Waals surface area contributed by atoms with Gasteiger partial charge in [0.05, 0.1) is 17.9 Å². The Morgan fingerprint density at radius 1 is 1.11 bits per heavy atom. The number of carbonyl (C=O) groups excluding carboxylic acids is 1. The lowest BCUT2D eigenvalue weighted by Crippen LogP contribution is -2.51. The molecule has 2 aromatic rings. The van der Waals surface area contributed by atoms with Gasteiger partial charge in [-0.15, -0.1) is 0 Å². The van der Waals surface area contributed by atoms with Crippen molar-refractivity contribution in [2.24, 2.45) is 5.41 Å². The van der Waals surface area contributed by atoms with Gasteiger partial charge in [-0.1, -0.05) is 23.2 Å². The van der Waals surface area contributed by atoms with Gasteiger partial charge < -0.3 is 4.74 Å². The lowest BCUT2D eigenvalue weighted by atomic mass is 9.61. The number of sulfonamides is 1. The maximum absolute atomic E-state index is 14.8. The average Bonchev–Trinajstić information content (AvgIpc) is 3.61. The first-order valence-electron chi connectivity index (χ1n) is 12.6. The van der Waals surface area contributed by atoms with E-state index < -0.39 is 21.7 Å². The van der Waals surface area contributed by atoms with Crippen molar-refractivity contribution in [1.82, 2.24) is 9.62 Å². The van der Waals surface area contributed by atoms with Crippen molar-refractivity contribution in [2.45, 2.75) is 63.5 Å². The van der Waals surface area contributed by atoms with E-state index in [9.17, 15) is 17.6 Å². The topological polar surface area (TPSA) is 75.7 Å². The van der Waals surface area contributed by atoms with Crippen molar-refractivity contribution in [3.05, 3.63) is 62.9 Å². The number of carbonyl (C=O) groups is 1. The molecule has 2 aromatic carbocycles. The summed E-state index contributed by atoms with van der Waals surface area (Å²) in [7, 11) is -3.79. The summed E-state index contributed by atoms with van der Waals surface area (Å²) in [6.45, 7) is 4.13. The molecule has 1 N–H and O–H groups in total. The van der Waals surface area contributed by atoms with Crippen LogP contribution >= 0.6 is 23.2 Å². The van der Waals surface area contributed by atoms with Crippen LogP contribution in [0.2, 0.25) is 10.0 Å². The zero-order valence-electron chi connectivity index (χ0n) is 20.9.